The second-order valence-electron chi connectivity index (χ2n) is 7.35. The van der Waals surface area contributed by atoms with Crippen molar-refractivity contribution in [2.45, 2.75) is 25.9 Å². The molecule has 3 aromatic rings. The summed E-state index contributed by atoms with van der Waals surface area (Å²) >= 11 is 0. The van der Waals surface area contributed by atoms with Crippen LogP contribution in [0.2, 0.25) is 0 Å². The quantitative estimate of drug-likeness (QED) is 0.716. The number of hydrogen-bond donors (Lipinski definition) is 1. The minimum absolute atomic E-state index is 0.119. The van der Waals surface area contributed by atoms with E-state index in [2.05, 4.69) is 10.2 Å². The van der Waals surface area contributed by atoms with E-state index in [1.54, 1.807) is 35.2 Å². The summed E-state index contributed by atoms with van der Waals surface area (Å²) in [5.41, 5.74) is 1.96. The number of piperazine rings is 1. The molecule has 0 radical (unpaired) electrons. The molecule has 0 spiro atoms. The highest BCUT2D eigenvalue weighted by atomic mass is 16.5. The third-order valence-corrected chi connectivity index (χ3v) is 5.75. The Hall–Kier alpha value is -3.55. The molecule has 0 bridgehead atoms. The first-order valence-electron chi connectivity index (χ1n) is 9.84. The van der Waals surface area contributed by atoms with Crippen molar-refractivity contribution in [1.82, 2.24) is 20.0 Å². The number of hydrogen-bond acceptors (Lipinski definition) is 5. The SMILES string of the molecule is COc1cccc(-c2[nH]ncc2C(=O)N2CCN(C(=O)c3ccco3)[C@H](C)[C@@H]2C)c1. The van der Waals surface area contributed by atoms with Gasteiger partial charge < -0.3 is 19.0 Å². The van der Waals surface area contributed by atoms with E-state index in [0.717, 1.165) is 5.56 Å². The number of nitrogens with zero attached hydrogens (tertiary/aromatic N) is 3. The Morgan fingerprint density at radius 1 is 1.10 bits per heavy atom. The van der Waals surface area contributed by atoms with Crippen LogP contribution in [0.25, 0.3) is 11.3 Å². The van der Waals surface area contributed by atoms with Crippen molar-refractivity contribution in [3.05, 3.63) is 60.2 Å². The maximum Gasteiger partial charge on any atom is 0.289 e. The average molecular weight is 408 g/mol. The highest BCUT2D eigenvalue weighted by Crippen LogP contribution is 2.28. The number of aromatic nitrogens is 2. The summed E-state index contributed by atoms with van der Waals surface area (Å²) < 4.78 is 10.5. The second-order valence-corrected chi connectivity index (χ2v) is 7.35. The van der Waals surface area contributed by atoms with Crippen LogP contribution in [0.4, 0.5) is 0 Å². The number of aromatic amines is 1. The summed E-state index contributed by atoms with van der Waals surface area (Å²) in [7, 11) is 1.60. The zero-order valence-corrected chi connectivity index (χ0v) is 17.2. The molecule has 1 aliphatic heterocycles. The molecule has 1 fully saturated rings. The smallest absolute Gasteiger partial charge is 0.289 e. The summed E-state index contributed by atoms with van der Waals surface area (Å²) in [4.78, 5) is 29.7. The van der Waals surface area contributed by atoms with Crippen LogP contribution >= 0.6 is 0 Å². The number of methoxy groups -OCH3 is 1. The van der Waals surface area contributed by atoms with Gasteiger partial charge in [-0.05, 0) is 38.1 Å². The molecular weight excluding hydrogens is 384 g/mol. The molecule has 8 heteroatoms. The van der Waals surface area contributed by atoms with E-state index in [9.17, 15) is 9.59 Å². The average Bonchev–Trinajstić information content (AvgIpc) is 3.47. The lowest BCUT2D eigenvalue weighted by molar-refractivity contribution is 0.0225. The summed E-state index contributed by atoms with van der Waals surface area (Å²) in [6.07, 6.45) is 3.04. The van der Waals surface area contributed by atoms with Crippen LogP contribution in [0.15, 0.2) is 53.3 Å². The number of benzene rings is 1. The Morgan fingerprint density at radius 3 is 2.50 bits per heavy atom. The van der Waals surface area contributed by atoms with Crippen molar-refractivity contribution < 1.29 is 18.7 Å². The molecule has 2 atom stereocenters. The van der Waals surface area contributed by atoms with Crippen LogP contribution in [0.5, 0.6) is 5.75 Å². The third-order valence-electron chi connectivity index (χ3n) is 5.75. The summed E-state index contributed by atoms with van der Waals surface area (Å²) in [5.74, 6) is 0.731. The molecule has 0 saturated carbocycles. The van der Waals surface area contributed by atoms with Gasteiger partial charge in [-0.2, -0.15) is 5.10 Å². The highest BCUT2D eigenvalue weighted by molar-refractivity contribution is 6.00. The molecule has 4 rings (SSSR count). The molecule has 2 amide bonds. The number of rotatable bonds is 4. The van der Waals surface area contributed by atoms with Crippen LogP contribution in [0.3, 0.4) is 0 Å². The summed E-state index contributed by atoms with van der Waals surface area (Å²) in [6, 6.07) is 10.5. The molecule has 0 aliphatic carbocycles. The molecule has 2 aromatic heterocycles. The normalized spacial score (nSPS) is 19.0. The zero-order chi connectivity index (χ0) is 21.3. The van der Waals surface area contributed by atoms with Gasteiger partial charge in [-0.3, -0.25) is 14.7 Å². The van der Waals surface area contributed by atoms with E-state index in [0.29, 0.717) is 35.9 Å². The van der Waals surface area contributed by atoms with Gasteiger partial charge in [0.15, 0.2) is 5.76 Å². The van der Waals surface area contributed by atoms with Crippen molar-refractivity contribution in [2.24, 2.45) is 0 Å². The number of ether oxygens (including phenoxy) is 1. The Bertz CT molecular complexity index is 1040. The Kier molecular flexibility index (Phi) is 5.31. The maximum absolute atomic E-state index is 13.4. The van der Waals surface area contributed by atoms with Crippen molar-refractivity contribution in [2.75, 3.05) is 20.2 Å². The van der Waals surface area contributed by atoms with E-state index in [1.165, 1.54) is 6.26 Å². The number of carbonyl (C=O) groups is 2. The molecule has 0 unspecified atom stereocenters. The summed E-state index contributed by atoms with van der Waals surface area (Å²) in [6.45, 7) is 4.77. The van der Waals surface area contributed by atoms with Crippen molar-refractivity contribution in [1.29, 1.82) is 0 Å². The number of furan rings is 1. The second kappa shape index (κ2) is 8.06. The van der Waals surface area contributed by atoms with Gasteiger partial charge >= 0.3 is 0 Å². The lowest BCUT2D eigenvalue weighted by Gasteiger charge is -2.44. The topological polar surface area (TPSA) is 91.7 Å². The largest absolute Gasteiger partial charge is 0.497 e. The first-order valence-corrected chi connectivity index (χ1v) is 9.84. The standard InChI is InChI=1S/C22H24N4O4/c1-14-15(2)26(22(28)19-8-5-11-30-19)10-9-25(14)21(27)18-13-23-24-20(18)16-6-4-7-17(12-16)29-3/h4-8,11-15H,9-10H2,1-3H3,(H,23,24)/t14-,15+/m0/s1. The molecule has 1 aromatic carbocycles. The first kappa shape index (κ1) is 19.8. The molecule has 1 saturated heterocycles. The number of nitrogens with one attached hydrogen (secondary N) is 1. The Morgan fingerprint density at radius 2 is 1.83 bits per heavy atom. The van der Waals surface area contributed by atoms with E-state index in [4.69, 9.17) is 9.15 Å². The van der Waals surface area contributed by atoms with Crippen molar-refractivity contribution in [3.8, 4) is 17.0 Å². The van der Waals surface area contributed by atoms with Crippen molar-refractivity contribution in [3.63, 3.8) is 0 Å². The minimum Gasteiger partial charge on any atom is -0.497 e. The fraction of sp³-hybridized carbons (Fsp3) is 0.318. The van der Waals surface area contributed by atoms with Crippen molar-refractivity contribution >= 4 is 11.8 Å². The molecule has 3 heterocycles. The molecule has 156 valence electrons. The van der Waals surface area contributed by atoms with Crippen LogP contribution in [0, 0.1) is 0 Å². The highest BCUT2D eigenvalue weighted by Gasteiger charge is 2.37. The van der Waals surface area contributed by atoms with Gasteiger partial charge in [-0.15, -0.1) is 0 Å². The summed E-state index contributed by atoms with van der Waals surface area (Å²) in [5, 5.41) is 7.04. The Balaban J connectivity index is 1.55. The van der Waals surface area contributed by atoms with Gasteiger partial charge in [0.25, 0.3) is 11.8 Å². The van der Waals surface area contributed by atoms with Gasteiger partial charge in [-0.1, -0.05) is 12.1 Å². The van der Waals surface area contributed by atoms with Gasteiger partial charge in [-0.25, -0.2) is 0 Å². The van der Waals surface area contributed by atoms with Gasteiger partial charge in [0.1, 0.15) is 5.75 Å². The molecular formula is C22H24N4O4. The third kappa shape index (κ3) is 3.45. The van der Waals surface area contributed by atoms with Gasteiger partial charge in [0.2, 0.25) is 0 Å². The fourth-order valence-corrected chi connectivity index (χ4v) is 3.86. The zero-order valence-electron chi connectivity index (χ0n) is 17.2. The fourth-order valence-electron chi connectivity index (χ4n) is 3.86. The van der Waals surface area contributed by atoms with E-state index < -0.39 is 0 Å². The predicted molar refractivity (Wildman–Crippen MR) is 110 cm³/mol. The minimum atomic E-state index is -0.168. The van der Waals surface area contributed by atoms with Crippen LogP contribution in [-0.2, 0) is 0 Å². The molecule has 8 nitrogen and oxygen atoms in total. The van der Waals surface area contributed by atoms with Gasteiger partial charge in [0.05, 0.1) is 30.8 Å². The monoisotopic (exact) mass is 408 g/mol. The van der Waals surface area contributed by atoms with Crippen LogP contribution in [0.1, 0.15) is 34.8 Å². The van der Waals surface area contributed by atoms with E-state index in [1.807, 2.05) is 38.1 Å². The predicted octanol–water partition coefficient (Wildman–Crippen LogP) is 3.05. The molecule has 1 N–H and O–H groups in total. The Labute approximate surface area is 174 Å². The van der Waals surface area contributed by atoms with Crippen LogP contribution < -0.4 is 4.74 Å². The van der Waals surface area contributed by atoms with E-state index in [-0.39, 0.29) is 23.9 Å². The molecule has 30 heavy (non-hydrogen) atoms. The maximum atomic E-state index is 13.4. The first-order chi connectivity index (χ1) is 14.5. The van der Waals surface area contributed by atoms with Crippen LogP contribution in [-0.4, -0.2) is 64.1 Å². The van der Waals surface area contributed by atoms with E-state index >= 15 is 0 Å². The number of H-pyrrole nitrogens is 1. The lowest BCUT2D eigenvalue weighted by atomic mass is 10.0. The number of amides is 2. The number of carbonyl (C=O) groups excluding carboxylic acids is 2. The lowest BCUT2D eigenvalue weighted by Crippen LogP contribution is -2.60. The van der Waals surface area contributed by atoms with Gasteiger partial charge in [0, 0.05) is 30.7 Å². The molecule has 1 aliphatic rings.